The highest BCUT2D eigenvalue weighted by Gasteiger charge is 2.27. The summed E-state index contributed by atoms with van der Waals surface area (Å²) in [5.41, 5.74) is 0.255. The number of carbonyl (C=O) groups excluding carboxylic acids is 2. The summed E-state index contributed by atoms with van der Waals surface area (Å²) in [6.45, 7) is 7.45. The van der Waals surface area contributed by atoms with Gasteiger partial charge in [-0.2, -0.15) is 0 Å². The monoisotopic (exact) mass is 355 g/mol. The number of nitrogens with zero attached hydrogens (tertiary/aromatic N) is 2. The lowest BCUT2D eigenvalue weighted by atomic mass is 10.1. The second-order valence-corrected chi connectivity index (χ2v) is 7.45. The molecule has 0 aromatic heterocycles. The van der Waals surface area contributed by atoms with Gasteiger partial charge in [0.2, 0.25) is 0 Å². The zero-order valence-corrected chi connectivity index (χ0v) is 15.5. The number of ether oxygens (including phenoxy) is 1. The van der Waals surface area contributed by atoms with Gasteiger partial charge in [0, 0.05) is 31.9 Å². The second kappa shape index (κ2) is 7.23. The molecule has 26 heavy (non-hydrogen) atoms. The van der Waals surface area contributed by atoms with E-state index in [1.807, 2.05) is 63.2 Å². The molecule has 0 unspecified atom stereocenters. The van der Waals surface area contributed by atoms with Crippen LogP contribution in [0.4, 0.5) is 15.3 Å². The molecule has 1 heterocycles. The third-order valence-corrected chi connectivity index (χ3v) is 4.22. The molecule has 2 aromatic rings. The largest absolute Gasteiger partial charge is 0.444 e. The number of amides is 3. The van der Waals surface area contributed by atoms with Gasteiger partial charge in [0.25, 0.3) is 0 Å². The first-order valence-corrected chi connectivity index (χ1v) is 8.84. The van der Waals surface area contributed by atoms with E-state index in [4.69, 9.17) is 4.74 Å². The maximum Gasteiger partial charge on any atom is 0.410 e. The van der Waals surface area contributed by atoms with Gasteiger partial charge < -0.3 is 19.9 Å². The minimum atomic E-state index is -0.512. The van der Waals surface area contributed by atoms with E-state index < -0.39 is 5.60 Å². The summed E-state index contributed by atoms with van der Waals surface area (Å²) in [4.78, 5) is 27.9. The van der Waals surface area contributed by atoms with Crippen molar-refractivity contribution in [3.05, 3.63) is 42.5 Å². The molecule has 0 aliphatic carbocycles. The number of fused-ring (bicyclic) bond motifs is 1. The second-order valence-electron chi connectivity index (χ2n) is 7.45. The Kier molecular flexibility index (Phi) is 5.02. The van der Waals surface area contributed by atoms with Crippen LogP contribution in [-0.2, 0) is 4.74 Å². The Labute approximate surface area is 153 Å². The van der Waals surface area contributed by atoms with Crippen molar-refractivity contribution in [2.45, 2.75) is 26.4 Å². The van der Waals surface area contributed by atoms with Crippen molar-refractivity contribution in [2.75, 3.05) is 31.5 Å². The Balaban J connectivity index is 1.55. The van der Waals surface area contributed by atoms with E-state index in [-0.39, 0.29) is 12.1 Å². The average Bonchev–Trinajstić information content (AvgIpc) is 2.60. The van der Waals surface area contributed by atoms with Gasteiger partial charge in [0.15, 0.2) is 0 Å². The van der Waals surface area contributed by atoms with Crippen LogP contribution in [0.3, 0.4) is 0 Å². The molecule has 0 saturated carbocycles. The molecule has 0 radical (unpaired) electrons. The molecule has 1 saturated heterocycles. The maximum absolute atomic E-state index is 12.5. The first-order chi connectivity index (χ1) is 12.3. The third-order valence-electron chi connectivity index (χ3n) is 4.22. The predicted molar refractivity (Wildman–Crippen MR) is 102 cm³/mol. The van der Waals surface area contributed by atoms with Crippen molar-refractivity contribution in [1.82, 2.24) is 9.80 Å². The number of nitrogens with one attached hydrogen (secondary N) is 1. The van der Waals surface area contributed by atoms with Gasteiger partial charge in [-0.25, -0.2) is 9.59 Å². The summed E-state index contributed by atoms with van der Waals surface area (Å²) in [6.07, 6.45) is -0.327. The van der Waals surface area contributed by atoms with Crippen LogP contribution in [0, 0.1) is 0 Å². The minimum absolute atomic E-state index is 0.149. The van der Waals surface area contributed by atoms with Crippen LogP contribution in [0.2, 0.25) is 0 Å². The van der Waals surface area contributed by atoms with E-state index in [0.29, 0.717) is 26.2 Å². The number of hydrogen-bond acceptors (Lipinski definition) is 3. The summed E-state index contributed by atoms with van der Waals surface area (Å²) in [5.74, 6) is 0. The van der Waals surface area contributed by atoms with E-state index in [9.17, 15) is 9.59 Å². The number of benzene rings is 2. The number of anilines is 1. The lowest BCUT2D eigenvalue weighted by Crippen LogP contribution is -2.52. The van der Waals surface area contributed by atoms with Crippen LogP contribution in [0.25, 0.3) is 10.8 Å². The molecule has 1 N–H and O–H groups in total. The van der Waals surface area contributed by atoms with E-state index in [2.05, 4.69) is 5.32 Å². The van der Waals surface area contributed by atoms with Crippen LogP contribution in [0.5, 0.6) is 0 Å². The fourth-order valence-corrected chi connectivity index (χ4v) is 2.89. The zero-order chi connectivity index (χ0) is 18.7. The Morgan fingerprint density at radius 3 is 2.19 bits per heavy atom. The molecule has 1 aliphatic rings. The summed E-state index contributed by atoms with van der Waals surface area (Å²) >= 11 is 0. The Hall–Kier alpha value is -2.76. The molecule has 0 spiro atoms. The first kappa shape index (κ1) is 18.0. The normalized spacial score (nSPS) is 15.0. The summed E-state index contributed by atoms with van der Waals surface area (Å²) in [6, 6.07) is 13.7. The Morgan fingerprint density at radius 1 is 0.923 bits per heavy atom. The Bertz CT molecular complexity index is 805. The van der Waals surface area contributed by atoms with Gasteiger partial charge in [-0.15, -0.1) is 0 Å². The number of urea groups is 1. The van der Waals surface area contributed by atoms with E-state index in [1.54, 1.807) is 9.80 Å². The van der Waals surface area contributed by atoms with E-state index in [0.717, 1.165) is 16.5 Å². The number of carbonyl (C=O) groups is 2. The molecule has 0 bridgehead atoms. The SMILES string of the molecule is CC(C)(C)OC(=O)N1CCN(C(=O)Nc2ccc3ccccc3c2)CC1. The number of hydrogen-bond donors (Lipinski definition) is 1. The van der Waals surface area contributed by atoms with Gasteiger partial charge in [-0.1, -0.05) is 30.3 Å². The van der Waals surface area contributed by atoms with Crippen molar-refractivity contribution in [1.29, 1.82) is 0 Å². The van der Waals surface area contributed by atoms with Crippen molar-refractivity contribution >= 4 is 28.6 Å². The van der Waals surface area contributed by atoms with Gasteiger partial charge in [-0.05, 0) is 43.7 Å². The van der Waals surface area contributed by atoms with Crippen molar-refractivity contribution in [3.8, 4) is 0 Å². The molecule has 0 atom stereocenters. The molecular weight excluding hydrogens is 330 g/mol. The topological polar surface area (TPSA) is 61.9 Å². The summed E-state index contributed by atoms with van der Waals surface area (Å²) in [5, 5.41) is 5.16. The lowest BCUT2D eigenvalue weighted by Gasteiger charge is -2.35. The fraction of sp³-hybridized carbons (Fsp3) is 0.400. The Morgan fingerprint density at radius 2 is 1.54 bits per heavy atom. The quantitative estimate of drug-likeness (QED) is 0.843. The van der Waals surface area contributed by atoms with Crippen LogP contribution in [-0.4, -0.2) is 53.7 Å². The number of rotatable bonds is 1. The van der Waals surface area contributed by atoms with Gasteiger partial charge >= 0.3 is 12.1 Å². The molecule has 6 nitrogen and oxygen atoms in total. The zero-order valence-electron chi connectivity index (χ0n) is 15.5. The molecule has 1 aliphatic heterocycles. The van der Waals surface area contributed by atoms with Crippen molar-refractivity contribution in [2.24, 2.45) is 0 Å². The predicted octanol–water partition coefficient (Wildman–Crippen LogP) is 3.92. The maximum atomic E-state index is 12.5. The molecule has 3 amide bonds. The number of piperazine rings is 1. The average molecular weight is 355 g/mol. The van der Waals surface area contributed by atoms with Crippen molar-refractivity contribution < 1.29 is 14.3 Å². The van der Waals surface area contributed by atoms with Gasteiger partial charge in [0.05, 0.1) is 0 Å². The molecule has 1 fully saturated rings. The smallest absolute Gasteiger partial charge is 0.410 e. The van der Waals surface area contributed by atoms with E-state index in [1.165, 1.54) is 0 Å². The van der Waals surface area contributed by atoms with Crippen LogP contribution in [0.1, 0.15) is 20.8 Å². The molecule has 138 valence electrons. The van der Waals surface area contributed by atoms with Crippen LogP contribution in [0.15, 0.2) is 42.5 Å². The van der Waals surface area contributed by atoms with Gasteiger partial charge in [-0.3, -0.25) is 0 Å². The van der Waals surface area contributed by atoms with Crippen molar-refractivity contribution in [3.63, 3.8) is 0 Å². The fourth-order valence-electron chi connectivity index (χ4n) is 2.89. The van der Waals surface area contributed by atoms with Gasteiger partial charge in [0.1, 0.15) is 5.60 Å². The van der Waals surface area contributed by atoms with Crippen LogP contribution >= 0.6 is 0 Å². The standard InChI is InChI=1S/C20H25N3O3/c1-20(2,3)26-19(25)23-12-10-22(11-13-23)18(24)21-17-9-8-15-6-4-5-7-16(15)14-17/h4-9,14H,10-13H2,1-3H3,(H,21,24). The highest BCUT2D eigenvalue weighted by Crippen LogP contribution is 2.19. The highest BCUT2D eigenvalue weighted by atomic mass is 16.6. The first-order valence-electron chi connectivity index (χ1n) is 8.84. The highest BCUT2D eigenvalue weighted by molar-refractivity contribution is 5.93. The molecule has 3 rings (SSSR count). The van der Waals surface area contributed by atoms with E-state index >= 15 is 0 Å². The summed E-state index contributed by atoms with van der Waals surface area (Å²) < 4.78 is 5.38. The molecule has 2 aromatic carbocycles. The summed E-state index contributed by atoms with van der Waals surface area (Å²) in [7, 11) is 0. The molecular formula is C20H25N3O3. The minimum Gasteiger partial charge on any atom is -0.444 e. The third kappa shape index (κ3) is 4.45. The van der Waals surface area contributed by atoms with Crippen LogP contribution < -0.4 is 5.32 Å². The lowest BCUT2D eigenvalue weighted by molar-refractivity contribution is 0.0174. The molecule has 6 heteroatoms.